The van der Waals surface area contributed by atoms with Crippen LogP contribution in [0.15, 0.2) is 52.0 Å². The Morgan fingerprint density at radius 3 is 2.44 bits per heavy atom. The molecule has 4 aromatic heterocycles. The Kier molecular flexibility index (Phi) is 4.89. The number of pyridine rings is 1. The lowest BCUT2D eigenvalue weighted by Gasteiger charge is -2.11. The molecule has 0 aliphatic heterocycles. The van der Waals surface area contributed by atoms with Crippen molar-refractivity contribution in [1.82, 2.24) is 19.7 Å². The number of benzene rings is 1. The highest BCUT2D eigenvalue weighted by molar-refractivity contribution is 5.88. The third kappa shape index (κ3) is 3.38. The molecule has 0 aliphatic rings. The monoisotopic (exact) mass is 462 g/mol. The maximum atomic E-state index is 13.6. The van der Waals surface area contributed by atoms with Crippen LogP contribution in [0.1, 0.15) is 22.8 Å². The van der Waals surface area contributed by atoms with Gasteiger partial charge in [-0.25, -0.2) is 19.3 Å². The molecule has 11 heteroatoms. The predicted molar refractivity (Wildman–Crippen MR) is 120 cm³/mol. The number of aromatic nitrogens is 6. The topological polar surface area (TPSA) is 134 Å². The summed E-state index contributed by atoms with van der Waals surface area (Å²) in [7, 11) is 0. The summed E-state index contributed by atoms with van der Waals surface area (Å²) < 4.78 is 22.3. The zero-order chi connectivity index (χ0) is 24.1. The van der Waals surface area contributed by atoms with Crippen LogP contribution >= 0.6 is 0 Å². The summed E-state index contributed by atoms with van der Waals surface area (Å²) in [4.78, 5) is 21.9. The summed E-state index contributed by atoms with van der Waals surface area (Å²) in [5, 5.41) is 15.4. The van der Waals surface area contributed by atoms with E-state index >= 15 is 0 Å². The summed E-state index contributed by atoms with van der Waals surface area (Å²) >= 11 is 0. The van der Waals surface area contributed by atoms with Gasteiger partial charge in [-0.2, -0.15) is 9.41 Å². The second-order valence-electron chi connectivity index (χ2n) is 8.04. The van der Waals surface area contributed by atoms with Gasteiger partial charge in [-0.1, -0.05) is 0 Å². The number of hydrogen-bond donors (Lipinski definition) is 2. The van der Waals surface area contributed by atoms with Crippen molar-refractivity contribution in [2.45, 2.75) is 27.3 Å². The fourth-order valence-corrected chi connectivity index (χ4v) is 4.01. The summed E-state index contributed by atoms with van der Waals surface area (Å²) in [5.74, 6) is 0.150. The second kappa shape index (κ2) is 7.80. The van der Waals surface area contributed by atoms with Gasteiger partial charge in [0.25, 0.3) is 0 Å². The summed E-state index contributed by atoms with van der Waals surface area (Å²) in [6.07, 6.45) is 1.31. The molecular formula is C23H21FN7O3+. The van der Waals surface area contributed by atoms with E-state index in [4.69, 9.17) is 10.2 Å². The molecular weight excluding hydrogens is 441 g/mol. The van der Waals surface area contributed by atoms with E-state index in [1.54, 1.807) is 45.0 Å². The van der Waals surface area contributed by atoms with Gasteiger partial charge in [0, 0.05) is 37.1 Å². The first-order valence-electron chi connectivity index (χ1n) is 10.4. The summed E-state index contributed by atoms with van der Waals surface area (Å²) in [6.45, 7) is 5.26. The number of H-pyrrole nitrogens is 1. The van der Waals surface area contributed by atoms with E-state index in [9.17, 15) is 14.4 Å². The van der Waals surface area contributed by atoms with Crippen LogP contribution in [0.4, 0.5) is 10.3 Å². The van der Waals surface area contributed by atoms with E-state index in [1.807, 2.05) is 0 Å². The molecule has 0 spiro atoms. The first-order valence-corrected chi connectivity index (χ1v) is 10.4. The molecule has 0 aliphatic carbocycles. The number of oxazole rings is 1. The van der Waals surface area contributed by atoms with E-state index < -0.39 is 11.5 Å². The molecule has 0 amide bonds. The quantitative estimate of drug-likeness (QED) is 0.310. The van der Waals surface area contributed by atoms with Crippen molar-refractivity contribution in [2.75, 3.05) is 5.73 Å². The fourth-order valence-electron chi connectivity index (χ4n) is 4.01. The lowest BCUT2D eigenvalue weighted by molar-refractivity contribution is -0.619. The van der Waals surface area contributed by atoms with Gasteiger partial charge in [0.2, 0.25) is 5.65 Å². The average Bonchev–Trinajstić information content (AvgIpc) is 3.35. The smallest absolute Gasteiger partial charge is 0.428 e. The van der Waals surface area contributed by atoms with Crippen molar-refractivity contribution in [2.24, 2.45) is 0 Å². The van der Waals surface area contributed by atoms with Gasteiger partial charge in [-0.3, -0.25) is 0 Å². The number of fused-ring (bicyclic) bond motifs is 1. The minimum absolute atomic E-state index is 0.0433. The molecule has 10 nitrogen and oxygen atoms in total. The van der Waals surface area contributed by atoms with Crippen molar-refractivity contribution in [3.05, 3.63) is 87.1 Å². The van der Waals surface area contributed by atoms with Crippen LogP contribution in [-0.2, 0) is 6.54 Å². The first kappa shape index (κ1) is 21.3. The van der Waals surface area contributed by atoms with Gasteiger partial charge in [0.15, 0.2) is 17.8 Å². The number of nitrogens with one attached hydrogen (secondary N) is 1. The highest BCUT2D eigenvalue weighted by Gasteiger charge is 2.27. The Morgan fingerprint density at radius 2 is 1.82 bits per heavy atom. The van der Waals surface area contributed by atoms with Gasteiger partial charge in [-0.15, -0.1) is 9.38 Å². The van der Waals surface area contributed by atoms with E-state index in [1.165, 1.54) is 27.6 Å². The highest BCUT2D eigenvalue weighted by Crippen LogP contribution is 2.33. The molecule has 0 unspecified atom stereocenters. The lowest BCUT2D eigenvalue weighted by atomic mass is 9.99. The van der Waals surface area contributed by atoms with Gasteiger partial charge < -0.3 is 15.4 Å². The standard InChI is InChI=1S/C23H20FN7O3/c1-12-8-16(9-13(2)31(12)33)19-20(15-4-6-17(24)7-5-15)27-22(25)30-21(19)28-29(23(30)32)10-18-14(3)34-11-26-18/h4-9,11H,10H2,1-3H3,(H2,25,27,28)/p+1. The molecule has 0 bridgehead atoms. The number of anilines is 1. The normalized spacial score (nSPS) is 11.4. The van der Waals surface area contributed by atoms with Gasteiger partial charge in [-0.05, 0) is 31.2 Å². The molecule has 34 heavy (non-hydrogen) atoms. The SMILES string of the molecule is Cc1ocnc1Cn1[nH]c2c(-c3cc(C)[n+]([O-])c(C)c3)c(-c3ccc(F)cc3)nc(N)[n+]2c1=O. The van der Waals surface area contributed by atoms with Crippen molar-refractivity contribution < 1.29 is 17.9 Å². The van der Waals surface area contributed by atoms with E-state index in [-0.39, 0.29) is 12.5 Å². The second-order valence-corrected chi connectivity index (χ2v) is 8.04. The van der Waals surface area contributed by atoms with Crippen LogP contribution < -0.4 is 20.6 Å². The molecule has 0 saturated heterocycles. The van der Waals surface area contributed by atoms with Crippen molar-refractivity contribution in [3.8, 4) is 22.4 Å². The molecule has 0 radical (unpaired) electrons. The lowest BCUT2D eigenvalue weighted by Crippen LogP contribution is -2.44. The number of nitrogens with zero attached hydrogens (tertiary/aromatic N) is 5. The van der Waals surface area contributed by atoms with Gasteiger partial charge >= 0.3 is 11.6 Å². The number of aryl methyl sites for hydroxylation is 3. The molecule has 1 aromatic carbocycles. The Bertz CT molecular complexity index is 1590. The van der Waals surface area contributed by atoms with Crippen molar-refractivity contribution in [1.29, 1.82) is 0 Å². The van der Waals surface area contributed by atoms with Crippen LogP contribution in [0, 0.1) is 31.8 Å². The maximum Gasteiger partial charge on any atom is 0.428 e. The molecule has 4 heterocycles. The maximum absolute atomic E-state index is 13.6. The molecule has 0 fully saturated rings. The van der Waals surface area contributed by atoms with E-state index in [0.29, 0.717) is 50.9 Å². The van der Waals surface area contributed by atoms with Gasteiger partial charge in [0.1, 0.15) is 29.5 Å². The molecule has 5 aromatic rings. The zero-order valence-electron chi connectivity index (χ0n) is 18.7. The number of halogens is 1. The number of aromatic amines is 1. The Hall–Kier alpha value is -4.54. The third-order valence-corrected chi connectivity index (χ3v) is 5.74. The number of nitrogen functional groups attached to an aromatic ring is 1. The molecule has 0 saturated carbocycles. The van der Waals surface area contributed by atoms with Crippen LogP contribution in [0.3, 0.4) is 0 Å². The van der Waals surface area contributed by atoms with Crippen molar-refractivity contribution >= 4 is 11.6 Å². The van der Waals surface area contributed by atoms with Crippen LogP contribution in [0.5, 0.6) is 0 Å². The average molecular weight is 462 g/mol. The number of hydrogen-bond acceptors (Lipinski definition) is 6. The molecule has 3 N–H and O–H groups in total. The largest absolute Gasteiger partial charge is 0.618 e. The Morgan fingerprint density at radius 1 is 1.15 bits per heavy atom. The zero-order valence-corrected chi connectivity index (χ0v) is 18.7. The van der Waals surface area contributed by atoms with E-state index in [2.05, 4.69) is 15.1 Å². The third-order valence-electron chi connectivity index (χ3n) is 5.74. The van der Waals surface area contributed by atoms with E-state index in [0.717, 1.165) is 4.73 Å². The van der Waals surface area contributed by atoms with Gasteiger partial charge in [0.05, 0.1) is 5.56 Å². The highest BCUT2D eigenvalue weighted by atomic mass is 19.1. The number of rotatable bonds is 4. The molecule has 5 rings (SSSR count). The molecule has 172 valence electrons. The van der Waals surface area contributed by atoms with Crippen LogP contribution in [0.2, 0.25) is 0 Å². The predicted octanol–water partition coefficient (Wildman–Crippen LogP) is 1.96. The van der Waals surface area contributed by atoms with Crippen molar-refractivity contribution in [3.63, 3.8) is 0 Å². The minimum Gasteiger partial charge on any atom is -0.618 e. The molecule has 0 atom stereocenters. The first-order chi connectivity index (χ1) is 16.2. The fraction of sp³-hybridized carbons (Fsp3) is 0.174. The van der Waals surface area contributed by atoms with Crippen LogP contribution in [-0.4, -0.2) is 19.7 Å². The minimum atomic E-state index is -0.447. The summed E-state index contributed by atoms with van der Waals surface area (Å²) in [5.41, 5.74) is 9.90. The number of nitrogens with two attached hydrogens (primary N) is 1. The Balaban J connectivity index is 1.85. The Labute approximate surface area is 192 Å². The van der Waals surface area contributed by atoms with Crippen LogP contribution in [0.25, 0.3) is 28.0 Å². The summed E-state index contributed by atoms with van der Waals surface area (Å²) in [6, 6.07) is 9.23.